The summed E-state index contributed by atoms with van der Waals surface area (Å²) < 4.78 is 2.57. The van der Waals surface area contributed by atoms with Crippen molar-refractivity contribution in [2.75, 3.05) is 0 Å². The molecule has 0 N–H and O–H groups in total. The van der Waals surface area contributed by atoms with Crippen molar-refractivity contribution in [3.63, 3.8) is 0 Å². The summed E-state index contributed by atoms with van der Waals surface area (Å²) in [4.78, 5) is 19.5. The van der Waals surface area contributed by atoms with Gasteiger partial charge in [0.15, 0.2) is 4.80 Å². The number of benzene rings is 3. The Morgan fingerprint density at radius 3 is 2.55 bits per heavy atom. The second kappa shape index (κ2) is 7.98. The van der Waals surface area contributed by atoms with Crippen LogP contribution in [-0.2, 0) is 6.42 Å². The van der Waals surface area contributed by atoms with E-state index in [2.05, 4.69) is 55.5 Å². The number of aromatic nitrogens is 1. The van der Waals surface area contributed by atoms with Gasteiger partial charge < -0.3 is 0 Å². The van der Waals surface area contributed by atoms with Crippen LogP contribution in [0.1, 0.15) is 40.3 Å². The van der Waals surface area contributed by atoms with E-state index >= 15 is 0 Å². The van der Waals surface area contributed by atoms with Crippen LogP contribution in [0.2, 0.25) is 5.02 Å². The van der Waals surface area contributed by atoms with E-state index in [-0.39, 0.29) is 11.6 Å². The van der Waals surface area contributed by atoms with Crippen molar-refractivity contribution in [2.24, 2.45) is 4.99 Å². The fraction of sp³-hybridized carbons (Fsp3) is 0.143. The predicted octanol–water partition coefficient (Wildman–Crippen LogP) is 5.28. The van der Waals surface area contributed by atoms with Gasteiger partial charge in [-0.05, 0) is 60.2 Å². The standard InChI is InChI=1S/C28H21ClN2OS/c1-17-6-10-20(11-7-17)26-23-15-12-19-4-2-3-5-22(19)25(23)30-28-31(26)27(32)24(33-28)16-18-8-13-21(29)14-9-18/h2-11,13-14,16,26H,12,15H2,1H3/b24-16+/t26-/m1/s1. The average molecular weight is 469 g/mol. The van der Waals surface area contributed by atoms with Gasteiger partial charge in [-0.3, -0.25) is 9.36 Å². The zero-order valence-electron chi connectivity index (χ0n) is 18.1. The highest BCUT2D eigenvalue weighted by atomic mass is 35.5. The van der Waals surface area contributed by atoms with Crippen molar-refractivity contribution in [1.29, 1.82) is 0 Å². The zero-order valence-corrected chi connectivity index (χ0v) is 19.7. The zero-order chi connectivity index (χ0) is 22.5. The summed E-state index contributed by atoms with van der Waals surface area (Å²) in [5, 5.41) is 0.680. The Hall–Kier alpha value is -3.21. The number of nitrogens with zero attached hydrogens (tertiary/aromatic N) is 2. The van der Waals surface area contributed by atoms with Crippen molar-refractivity contribution < 1.29 is 0 Å². The molecule has 4 aromatic rings. The fourth-order valence-corrected chi connectivity index (χ4v) is 5.91. The molecule has 0 unspecified atom stereocenters. The molecule has 0 spiro atoms. The minimum Gasteiger partial charge on any atom is -0.272 e. The molecule has 162 valence electrons. The normalized spacial score (nSPS) is 17.3. The second-order valence-corrected chi connectivity index (χ2v) is 10.0. The largest absolute Gasteiger partial charge is 0.272 e. The number of rotatable bonds is 2. The van der Waals surface area contributed by atoms with Gasteiger partial charge >= 0.3 is 0 Å². The van der Waals surface area contributed by atoms with Crippen LogP contribution < -0.4 is 14.9 Å². The third kappa shape index (κ3) is 3.50. The van der Waals surface area contributed by atoms with Crippen molar-refractivity contribution in [3.05, 3.63) is 131 Å². The van der Waals surface area contributed by atoms with Crippen molar-refractivity contribution in [3.8, 4) is 0 Å². The van der Waals surface area contributed by atoms with Gasteiger partial charge in [-0.25, -0.2) is 4.99 Å². The van der Waals surface area contributed by atoms with E-state index in [9.17, 15) is 4.79 Å². The number of hydrogen-bond acceptors (Lipinski definition) is 3. The number of hydrogen-bond donors (Lipinski definition) is 0. The molecule has 5 heteroatoms. The van der Waals surface area contributed by atoms with Crippen molar-refractivity contribution >= 4 is 34.7 Å². The number of fused-ring (bicyclic) bond motifs is 3. The molecule has 3 nitrogen and oxygen atoms in total. The Morgan fingerprint density at radius 2 is 1.76 bits per heavy atom. The molecule has 1 aliphatic heterocycles. The molecule has 2 heterocycles. The molecule has 1 aromatic heterocycles. The first-order chi connectivity index (χ1) is 16.1. The van der Waals surface area contributed by atoms with Crippen molar-refractivity contribution in [2.45, 2.75) is 25.8 Å². The summed E-state index contributed by atoms with van der Waals surface area (Å²) in [6.45, 7) is 2.09. The van der Waals surface area contributed by atoms with E-state index in [0.717, 1.165) is 34.5 Å². The molecule has 0 saturated heterocycles. The molecule has 0 bridgehead atoms. The van der Waals surface area contributed by atoms with Crippen LogP contribution in [0, 0.1) is 6.92 Å². The minimum absolute atomic E-state index is 0.00434. The van der Waals surface area contributed by atoms with Gasteiger partial charge in [-0.1, -0.05) is 89.2 Å². The maximum absolute atomic E-state index is 13.7. The molecule has 33 heavy (non-hydrogen) atoms. The highest BCUT2D eigenvalue weighted by molar-refractivity contribution is 7.07. The Balaban J connectivity index is 1.62. The lowest BCUT2D eigenvalue weighted by molar-refractivity contribution is 0.585. The predicted molar refractivity (Wildman–Crippen MR) is 135 cm³/mol. The highest BCUT2D eigenvalue weighted by Crippen LogP contribution is 2.41. The van der Waals surface area contributed by atoms with Gasteiger partial charge in [-0.15, -0.1) is 0 Å². The Bertz CT molecular complexity index is 1590. The van der Waals surface area contributed by atoms with Gasteiger partial charge in [0.25, 0.3) is 5.56 Å². The molecule has 0 fully saturated rings. The molecule has 1 aliphatic carbocycles. The van der Waals surface area contributed by atoms with Crippen LogP contribution in [0.3, 0.4) is 0 Å². The molecular formula is C28H21ClN2OS. The first-order valence-corrected chi connectivity index (χ1v) is 12.2. The summed E-state index contributed by atoms with van der Waals surface area (Å²) >= 11 is 7.49. The first kappa shape index (κ1) is 20.4. The van der Waals surface area contributed by atoms with E-state index in [1.54, 1.807) is 0 Å². The number of thiazole rings is 1. The van der Waals surface area contributed by atoms with Crippen LogP contribution in [0.5, 0.6) is 0 Å². The Kier molecular flexibility index (Phi) is 4.93. The third-order valence-corrected chi connectivity index (χ3v) is 7.67. The van der Waals surface area contributed by atoms with E-state index in [1.807, 2.05) is 34.9 Å². The molecule has 0 saturated carbocycles. The van der Waals surface area contributed by atoms with Gasteiger partial charge in [0, 0.05) is 10.6 Å². The summed E-state index contributed by atoms with van der Waals surface area (Å²) in [6.07, 6.45) is 3.79. The maximum Gasteiger partial charge on any atom is 0.271 e. The number of halogens is 1. The molecule has 0 amide bonds. The topological polar surface area (TPSA) is 34.4 Å². The molecule has 3 aromatic carbocycles. The number of aryl methyl sites for hydroxylation is 2. The van der Waals surface area contributed by atoms with Gasteiger partial charge in [0.05, 0.1) is 16.3 Å². The van der Waals surface area contributed by atoms with E-state index in [4.69, 9.17) is 16.6 Å². The fourth-order valence-electron chi connectivity index (χ4n) is 4.78. The van der Waals surface area contributed by atoms with Crippen LogP contribution in [0.15, 0.2) is 88.2 Å². The monoisotopic (exact) mass is 468 g/mol. The molecule has 6 rings (SSSR count). The lowest BCUT2D eigenvalue weighted by Gasteiger charge is -2.30. The molecule has 1 atom stereocenters. The lowest BCUT2D eigenvalue weighted by Crippen LogP contribution is -2.38. The molecular weight excluding hydrogens is 448 g/mol. The Morgan fingerprint density at radius 1 is 1.00 bits per heavy atom. The van der Waals surface area contributed by atoms with E-state index in [1.165, 1.54) is 33.6 Å². The van der Waals surface area contributed by atoms with Crippen LogP contribution in [0.25, 0.3) is 11.8 Å². The van der Waals surface area contributed by atoms with Crippen LogP contribution in [0.4, 0.5) is 0 Å². The van der Waals surface area contributed by atoms with Crippen LogP contribution >= 0.6 is 22.9 Å². The van der Waals surface area contributed by atoms with Gasteiger partial charge in [0.1, 0.15) is 0 Å². The van der Waals surface area contributed by atoms with E-state index < -0.39 is 0 Å². The quantitative estimate of drug-likeness (QED) is 0.394. The Labute approximate surface area is 200 Å². The number of allylic oxidation sites excluding steroid dienone is 1. The summed E-state index contributed by atoms with van der Waals surface area (Å²) in [5.41, 5.74) is 8.05. The SMILES string of the molecule is Cc1ccc([C@@H]2C3=C(N=c4s/c(=C/c5ccc(Cl)cc5)c(=O)n42)c2ccccc2CC3)cc1. The maximum atomic E-state index is 13.7. The summed E-state index contributed by atoms with van der Waals surface area (Å²) in [5.74, 6) is 0. The smallest absolute Gasteiger partial charge is 0.271 e. The van der Waals surface area contributed by atoms with Crippen LogP contribution in [-0.4, -0.2) is 4.57 Å². The van der Waals surface area contributed by atoms with Gasteiger partial charge in [0.2, 0.25) is 0 Å². The molecule has 2 aliphatic rings. The first-order valence-electron chi connectivity index (χ1n) is 11.0. The summed E-state index contributed by atoms with van der Waals surface area (Å²) in [6, 6.07) is 24.4. The minimum atomic E-state index is -0.141. The van der Waals surface area contributed by atoms with E-state index in [0.29, 0.717) is 9.55 Å². The average Bonchev–Trinajstić information content (AvgIpc) is 3.14. The highest BCUT2D eigenvalue weighted by Gasteiger charge is 2.32. The second-order valence-electron chi connectivity index (χ2n) is 8.58. The van der Waals surface area contributed by atoms with Gasteiger partial charge in [-0.2, -0.15) is 0 Å². The van der Waals surface area contributed by atoms with Crippen molar-refractivity contribution in [1.82, 2.24) is 4.57 Å². The third-order valence-electron chi connectivity index (χ3n) is 6.43. The summed E-state index contributed by atoms with van der Waals surface area (Å²) in [7, 11) is 0. The lowest BCUT2D eigenvalue weighted by atomic mass is 9.83. The molecule has 0 radical (unpaired) electrons.